The standard InChI is InChI=1S/C16H27S.BrH.Mg/c1-2-3-4-5-6-7-8-9-10-11-13-16-14-12-15-17-16;;/h12,14H,2-11,13H2,1H3;1H;/q-1;;+2/p-1. The van der Waals surface area contributed by atoms with E-state index in [0.29, 0.717) is 0 Å². The van der Waals surface area contributed by atoms with Crippen molar-refractivity contribution in [1.82, 2.24) is 0 Å². The number of hydrogen-bond donors (Lipinski definition) is 0. The maximum Gasteiger partial charge on any atom is 2.00 e. The smallest absolute Gasteiger partial charge is 1.00 e. The van der Waals surface area contributed by atoms with E-state index in [-0.39, 0.29) is 40.0 Å². The molecule has 0 fully saturated rings. The zero-order valence-corrected chi connectivity index (χ0v) is 16.2. The SMILES string of the molecule is CCCCCCCCCCCCc1cc[c-]s1.[Br-].[Mg+2]. The second-order valence-electron chi connectivity index (χ2n) is 4.95. The third kappa shape index (κ3) is 13.7. The Balaban J connectivity index is 0. The van der Waals surface area contributed by atoms with Gasteiger partial charge in [0.05, 0.1) is 0 Å². The summed E-state index contributed by atoms with van der Waals surface area (Å²) in [5.74, 6) is 0. The molecule has 106 valence electrons. The van der Waals surface area contributed by atoms with Gasteiger partial charge in [-0.3, -0.25) is 0 Å². The van der Waals surface area contributed by atoms with Gasteiger partial charge in [-0.15, -0.1) is 10.3 Å². The van der Waals surface area contributed by atoms with E-state index < -0.39 is 0 Å². The summed E-state index contributed by atoms with van der Waals surface area (Å²) in [6.45, 7) is 2.28. The Morgan fingerprint density at radius 2 is 1.42 bits per heavy atom. The van der Waals surface area contributed by atoms with Crippen molar-refractivity contribution in [1.29, 1.82) is 0 Å². The Hall–Kier alpha value is 0.946. The Kier molecular flexibility index (Phi) is 19.9. The summed E-state index contributed by atoms with van der Waals surface area (Å²) in [6, 6.07) is 4.24. The van der Waals surface area contributed by atoms with Gasteiger partial charge >= 0.3 is 23.1 Å². The van der Waals surface area contributed by atoms with Gasteiger partial charge in [0, 0.05) is 0 Å². The minimum Gasteiger partial charge on any atom is -1.00 e. The van der Waals surface area contributed by atoms with Crippen LogP contribution in [0.15, 0.2) is 12.1 Å². The number of rotatable bonds is 11. The summed E-state index contributed by atoms with van der Waals surface area (Å²) in [4.78, 5) is 1.50. The van der Waals surface area contributed by atoms with Crippen molar-refractivity contribution in [3.05, 3.63) is 22.4 Å². The fraction of sp³-hybridized carbons (Fsp3) is 0.750. The van der Waals surface area contributed by atoms with Crippen LogP contribution in [0.1, 0.15) is 76.0 Å². The van der Waals surface area contributed by atoms with Crippen LogP contribution in [0, 0.1) is 5.38 Å². The van der Waals surface area contributed by atoms with Crippen molar-refractivity contribution in [2.75, 3.05) is 0 Å². The van der Waals surface area contributed by atoms with Gasteiger partial charge in [-0.25, -0.2) is 6.07 Å². The van der Waals surface area contributed by atoms with Crippen molar-refractivity contribution in [3.63, 3.8) is 0 Å². The second kappa shape index (κ2) is 17.0. The molecule has 0 unspecified atom stereocenters. The first-order chi connectivity index (χ1) is 8.43. The monoisotopic (exact) mass is 354 g/mol. The molecule has 0 radical (unpaired) electrons. The Morgan fingerprint density at radius 3 is 1.89 bits per heavy atom. The molecular formula is C16H27BrMgS. The number of aryl methyl sites for hydroxylation is 1. The number of halogens is 1. The molecule has 1 aromatic rings. The van der Waals surface area contributed by atoms with E-state index in [9.17, 15) is 0 Å². The van der Waals surface area contributed by atoms with Crippen LogP contribution in [0.4, 0.5) is 0 Å². The van der Waals surface area contributed by atoms with Crippen molar-refractivity contribution >= 4 is 34.4 Å². The Labute approximate surface area is 150 Å². The van der Waals surface area contributed by atoms with Gasteiger partial charge in [-0.05, 0) is 0 Å². The molecule has 0 atom stereocenters. The molecule has 0 N–H and O–H groups in total. The van der Waals surface area contributed by atoms with Crippen LogP contribution in [0.3, 0.4) is 0 Å². The first kappa shape index (κ1) is 22.2. The van der Waals surface area contributed by atoms with Crippen LogP contribution in [0.2, 0.25) is 0 Å². The van der Waals surface area contributed by atoms with Gasteiger partial charge in [-0.2, -0.15) is 6.07 Å². The van der Waals surface area contributed by atoms with E-state index >= 15 is 0 Å². The van der Waals surface area contributed by atoms with Crippen LogP contribution in [-0.4, -0.2) is 23.1 Å². The molecule has 1 heterocycles. The summed E-state index contributed by atoms with van der Waals surface area (Å²) >= 11 is 1.78. The van der Waals surface area contributed by atoms with Crippen LogP contribution >= 0.6 is 11.3 Å². The van der Waals surface area contributed by atoms with E-state index in [1.54, 1.807) is 11.3 Å². The van der Waals surface area contributed by atoms with Crippen molar-refractivity contribution < 1.29 is 17.0 Å². The molecule has 0 bridgehead atoms. The molecule has 0 nitrogen and oxygen atoms in total. The maximum atomic E-state index is 3.16. The summed E-state index contributed by atoms with van der Waals surface area (Å²) in [5, 5.41) is 3.16. The number of hydrogen-bond acceptors (Lipinski definition) is 1. The van der Waals surface area contributed by atoms with E-state index in [1.165, 1.54) is 75.5 Å². The van der Waals surface area contributed by atoms with Crippen LogP contribution in [-0.2, 0) is 6.42 Å². The number of unbranched alkanes of at least 4 members (excludes halogenated alkanes) is 9. The molecule has 3 heteroatoms. The topological polar surface area (TPSA) is 0 Å². The van der Waals surface area contributed by atoms with Gasteiger partial charge in [0.15, 0.2) is 0 Å². The molecule has 0 spiro atoms. The van der Waals surface area contributed by atoms with E-state index in [1.807, 2.05) is 6.07 Å². The van der Waals surface area contributed by atoms with E-state index in [2.05, 4.69) is 18.4 Å². The van der Waals surface area contributed by atoms with Gasteiger partial charge in [0.1, 0.15) is 0 Å². The molecule has 1 aromatic heterocycles. The average molecular weight is 356 g/mol. The fourth-order valence-electron chi connectivity index (χ4n) is 2.19. The molecule has 0 aliphatic heterocycles. The predicted octanol–water partition coefficient (Wildman–Crippen LogP) is 2.63. The quantitative estimate of drug-likeness (QED) is 0.325. The van der Waals surface area contributed by atoms with Gasteiger partial charge in [-0.1, -0.05) is 77.6 Å². The molecule has 0 amide bonds. The molecular weight excluding hydrogens is 328 g/mol. The summed E-state index contributed by atoms with van der Waals surface area (Å²) in [5.41, 5.74) is 0. The minimum atomic E-state index is 0. The first-order valence-corrected chi connectivity index (χ1v) is 8.20. The average Bonchev–Trinajstić information content (AvgIpc) is 2.85. The minimum absolute atomic E-state index is 0. The van der Waals surface area contributed by atoms with Crippen molar-refractivity contribution in [2.24, 2.45) is 0 Å². The van der Waals surface area contributed by atoms with Gasteiger partial charge in [0.2, 0.25) is 0 Å². The first-order valence-electron chi connectivity index (χ1n) is 7.38. The van der Waals surface area contributed by atoms with Crippen molar-refractivity contribution in [3.8, 4) is 0 Å². The molecule has 0 aromatic carbocycles. The maximum absolute atomic E-state index is 3.16. The fourth-order valence-corrected chi connectivity index (χ4v) is 2.86. The summed E-state index contributed by atoms with van der Waals surface area (Å²) < 4.78 is 0. The third-order valence-electron chi connectivity index (χ3n) is 3.30. The molecule has 1 rings (SSSR count). The predicted molar refractivity (Wildman–Crippen MR) is 84.5 cm³/mol. The zero-order valence-electron chi connectivity index (χ0n) is 12.4. The molecule has 0 aliphatic carbocycles. The Morgan fingerprint density at radius 1 is 0.895 bits per heavy atom. The van der Waals surface area contributed by atoms with Gasteiger partial charge < -0.3 is 28.3 Å². The van der Waals surface area contributed by atoms with E-state index in [4.69, 9.17) is 0 Å². The van der Waals surface area contributed by atoms with Crippen LogP contribution in [0.25, 0.3) is 0 Å². The zero-order chi connectivity index (χ0) is 12.2. The van der Waals surface area contributed by atoms with Crippen LogP contribution in [0.5, 0.6) is 0 Å². The molecule has 19 heavy (non-hydrogen) atoms. The normalized spacial score (nSPS) is 9.74. The molecule has 0 saturated heterocycles. The van der Waals surface area contributed by atoms with Crippen LogP contribution < -0.4 is 17.0 Å². The van der Waals surface area contributed by atoms with E-state index in [0.717, 1.165) is 0 Å². The Bertz CT molecular complexity index is 249. The summed E-state index contributed by atoms with van der Waals surface area (Å²) in [7, 11) is 0. The van der Waals surface area contributed by atoms with Gasteiger partial charge in [0.25, 0.3) is 0 Å². The largest absolute Gasteiger partial charge is 2.00 e. The third-order valence-corrected chi connectivity index (χ3v) is 4.16. The molecule has 0 saturated carbocycles. The number of thiophene rings is 1. The molecule has 0 aliphatic rings. The van der Waals surface area contributed by atoms with Crippen molar-refractivity contribution in [2.45, 2.75) is 77.6 Å². The summed E-state index contributed by atoms with van der Waals surface area (Å²) in [6.07, 6.45) is 15.5. The second-order valence-corrected chi connectivity index (χ2v) is 5.92.